The zero-order valence-corrected chi connectivity index (χ0v) is 9.03. The Kier molecular flexibility index (Phi) is 6.26. The van der Waals surface area contributed by atoms with E-state index in [0.29, 0.717) is 6.42 Å². The van der Waals surface area contributed by atoms with Gasteiger partial charge in [0.15, 0.2) is 0 Å². The van der Waals surface area contributed by atoms with Crippen molar-refractivity contribution in [1.29, 1.82) is 0 Å². The van der Waals surface area contributed by atoms with Crippen molar-refractivity contribution in [3.8, 4) is 0 Å². The molecule has 0 saturated carbocycles. The van der Waals surface area contributed by atoms with Crippen LogP contribution in [0.25, 0.3) is 0 Å². The van der Waals surface area contributed by atoms with Crippen LogP contribution < -0.4 is 0 Å². The third-order valence-electron chi connectivity index (χ3n) is 2.61. The van der Waals surface area contributed by atoms with E-state index in [1.807, 2.05) is 12.1 Å². The van der Waals surface area contributed by atoms with Gasteiger partial charge in [-0.05, 0) is 31.4 Å². The van der Waals surface area contributed by atoms with Crippen molar-refractivity contribution in [2.45, 2.75) is 25.7 Å². The van der Waals surface area contributed by atoms with Gasteiger partial charge in [0.1, 0.15) is 0 Å². The zero-order chi connectivity index (χ0) is 11.5. The second-order valence-electron chi connectivity index (χ2n) is 4.10. The molecule has 1 aromatic rings. The molecule has 0 saturated heterocycles. The molecule has 0 bridgehead atoms. The Labute approximate surface area is 118 Å². The van der Waals surface area contributed by atoms with Crippen molar-refractivity contribution in [2.75, 3.05) is 6.61 Å². The average Bonchev–Trinajstić information content (AvgIpc) is 2.19. The zero-order valence-electron chi connectivity index (χ0n) is 9.03. The number of hydrogen-bond donors (Lipinski definition) is 2. The quantitative estimate of drug-likeness (QED) is 0.759. The van der Waals surface area contributed by atoms with Crippen LogP contribution in [-0.2, 0) is 16.6 Å². The molecule has 0 atom stereocenters. The third-order valence-corrected chi connectivity index (χ3v) is 2.61. The number of aliphatic carboxylic acids is 1. The first-order chi connectivity index (χ1) is 6.98. The van der Waals surface area contributed by atoms with Gasteiger partial charge in [-0.15, -0.1) is 0 Å². The maximum atomic E-state index is 11.0. The molecule has 4 heteroatoms. The Bertz CT molecular complexity index is 344. The molecular formula is C12H17NaO3. The van der Waals surface area contributed by atoms with E-state index in [9.17, 15) is 4.79 Å². The fourth-order valence-corrected chi connectivity index (χ4v) is 1.34. The number of carboxylic acid groups (broad SMARTS) is 1. The Morgan fingerprint density at radius 1 is 1.25 bits per heavy atom. The number of aliphatic hydroxyl groups excluding tert-OH is 1. The van der Waals surface area contributed by atoms with E-state index < -0.39 is 11.4 Å². The Hall–Kier alpha value is -0.350. The predicted molar refractivity (Wildman–Crippen MR) is 65.0 cm³/mol. The summed E-state index contributed by atoms with van der Waals surface area (Å²) in [7, 11) is 0. The molecule has 1 aromatic carbocycles. The first-order valence-electron chi connectivity index (χ1n) is 4.92. The van der Waals surface area contributed by atoms with E-state index in [1.165, 1.54) is 0 Å². The number of rotatable bonds is 4. The number of hydrogen-bond acceptors (Lipinski definition) is 2. The van der Waals surface area contributed by atoms with Crippen LogP contribution in [-0.4, -0.2) is 52.3 Å². The third kappa shape index (κ3) is 3.59. The summed E-state index contributed by atoms with van der Waals surface area (Å²) >= 11 is 0. The van der Waals surface area contributed by atoms with Crippen LogP contribution in [0, 0.1) is 0 Å². The molecule has 2 N–H and O–H groups in total. The van der Waals surface area contributed by atoms with Crippen LogP contribution in [0.5, 0.6) is 0 Å². The van der Waals surface area contributed by atoms with Gasteiger partial charge in [-0.3, -0.25) is 4.79 Å². The molecule has 0 radical (unpaired) electrons. The minimum atomic E-state index is -0.863. The van der Waals surface area contributed by atoms with E-state index in [-0.39, 0.29) is 36.2 Å². The monoisotopic (exact) mass is 232 g/mol. The molecule has 0 amide bonds. The van der Waals surface area contributed by atoms with Crippen molar-refractivity contribution >= 4 is 35.5 Å². The summed E-state index contributed by atoms with van der Waals surface area (Å²) in [5.41, 5.74) is 0.928. The van der Waals surface area contributed by atoms with Crippen molar-refractivity contribution in [2.24, 2.45) is 0 Å². The Morgan fingerprint density at radius 3 is 2.12 bits per heavy atom. The van der Waals surface area contributed by atoms with E-state index in [0.717, 1.165) is 11.1 Å². The van der Waals surface area contributed by atoms with Crippen LogP contribution in [0.3, 0.4) is 0 Å². The maximum absolute atomic E-state index is 11.0. The van der Waals surface area contributed by atoms with Gasteiger partial charge in [0, 0.05) is 6.61 Å². The van der Waals surface area contributed by atoms with Gasteiger partial charge in [0.2, 0.25) is 0 Å². The molecule has 0 heterocycles. The molecule has 84 valence electrons. The molecule has 0 aliphatic rings. The summed E-state index contributed by atoms with van der Waals surface area (Å²) in [4.78, 5) is 11.0. The number of carboxylic acids is 1. The van der Waals surface area contributed by atoms with Gasteiger partial charge < -0.3 is 10.2 Å². The average molecular weight is 232 g/mol. The molecular weight excluding hydrogens is 215 g/mol. The second-order valence-corrected chi connectivity index (χ2v) is 4.10. The van der Waals surface area contributed by atoms with Crippen molar-refractivity contribution < 1.29 is 15.0 Å². The molecule has 1 rings (SSSR count). The summed E-state index contributed by atoms with van der Waals surface area (Å²) in [5, 5.41) is 17.8. The first-order valence-corrected chi connectivity index (χ1v) is 4.92. The molecule has 0 spiro atoms. The summed E-state index contributed by atoms with van der Waals surface area (Å²) in [6, 6.07) is 7.32. The predicted octanol–water partition coefficient (Wildman–Crippen LogP) is 0.935. The fraction of sp³-hybridized carbons (Fsp3) is 0.417. The fourth-order valence-electron chi connectivity index (χ4n) is 1.34. The van der Waals surface area contributed by atoms with Gasteiger partial charge in [-0.2, -0.15) is 0 Å². The van der Waals surface area contributed by atoms with Crippen LogP contribution in [0.1, 0.15) is 25.0 Å². The van der Waals surface area contributed by atoms with E-state index in [2.05, 4.69) is 0 Å². The van der Waals surface area contributed by atoms with E-state index in [1.54, 1.807) is 26.0 Å². The first kappa shape index (κ1) is 15.7. The summed E-state index contributed by atoms with van der Waals surface area (Å²) < 4.78 is 0. The number of carbonyl (C=O) groups is 1. The van der Waals surface area contributed by atoms with Gasteiger partial charge in [-0.1, -0.05) is 24.3 Å². The Balaban J connectivity index is 0.00000225. The number of aliphatic hydroxyl groups is 1. The second kappa shape index (κ2) is 6.40. The van der Waals surface area contributed by atoms with E-state index >= 15 is 0 Å². The van der Waals surface area contributed by atoms with E-state index in [4.69, 9.17) is 10.2 Å². The molecule has 0 aliphatic heterocycles. The van der Waals surface area contributed by atoms with Crippen LogP contribution in [0.15, 0.2) is 24.3 Å². The molecule has 0 fully saturated rings. The Morgan fingerprint density at radius 2 is 1.75 bits per heavy atom. The standard InChI is InChI=1S/C12H16O3.Na.H/c1-12(2,11(14)15)10-5-3-9(4-6-10)7-8-13;;/h3-6,13H,7-8H2,1-2H3,(H,14,15);;. The summed E-state index contributed by atoms with van der Waals surface area (Å²) in [6.07, 6.45) is 0.605. The number of benzene rings is 1. The SMILES string of the molecule is CC(C)(C(=O)O)c1ccc(CCO)cc1.[NaH]. The summed E-state index contributed by atoms with van der Waals surface area (Å²) in [5.74, 6) is -0.836. The van der Waals surface area contributed by atoms with Crippen LogP contribution in [0.2, 0.25) is 0 Å². The molecule has 16 heavy (non-hydrogen) atoms. The molecule has 0 aromatic heterocycles. The summed E-state index contributed by atoms with van der Waals surface area (Å²) in [6.45, 7) is 3.47. The molecule has 3 nitrogen and oxygen atoms in total. The topological polar surface area (TPSA) is 57.5 Å². The van der Waals surface area contributed by atoms with Crippen LogP contribution in [0.4, 0.5) is 0 Å². The van der Waals surface area contributed by atoms with Crippen LogP contribution >= 0.6 is 0 Å². The van der Waals surface area contributed by atoms with Crippen molar-refractivity contribution in [3.63, 3.8) is 0 Å². The van der Waals surface area contributed by atoms with Gasteiger partial charge in [0.05, 0.1) is 5.41 Å². The van der Waals surface area contributed by atoms with Gasteiger partial charge in [-0.25, -0.2) is 0 Å². The molecule has 0 unspecified atom stereocenters. The van der Waals surface area contributed by atoms with Crippen molar-refractivity contribution in [1.82, 2.24) is 0 Å². The minimum absolute atomic E-state index is 0. The van der Waals surface area contributed by atoms with Crippen molar-refractivity contribution in [3.05, 3.63) is 35.4 Å². The molecule has 0 aliphatic carbocycles. The van der Waals surface area contributed by atoms with Gasteiger partial charge in [0.25, 0.3) is 0 Å². The normalized spacial score (nSPS) is 10.7. The van der Waals surface area contributed by atoms with Gasteiger partial charge >= 0.3 is 35.5 Å².